The second kappa shape index (κ2) is 6.53. The molecule has 0 bridgehead atoms. The summed E-state index contributed by atoms with van der Waals surface area (Å²) >= 11 is 6.24. The van der Waals surface area contributed by atoms with Crippen molar-refractivity contribution in [2.24, 2.45) is 0 Å². The second-order valence-corrected chi connectivity index (χ2v) is 4.72. The van der Waals surface area contributed by atoms with E-state index in [0.29, 0.717) is 5.02 Å². The van der Waals surface area contributed by atoms with E-state index in [4.69, 9.17) is 11.6 Å². The molecule has 0 atom stereocenters. The third kappa shape index (κ3) is 3.44. The van der Waals surface area contributed by atoms with Crippen LogP contribution in [0, 0.1) is 0 Å². The Kier molecular flexibility index (Phi) is 4.74. The van der Waals surface area contributed by atoms with Crippen LogP contribution in [0.1, 0.15) is 26.1 Å². The minimum atomic E-state index is 0.714. The first-order valence-corrected chi connectivity index (χ1v) is 6.99. The SMILES string of the molecule is CCCc1nc(NCC)cc(-c2ccccc2Cl)n1. The van der Waals surface area contributed by atoms with Gasteiger partial charge in [0.1, 0.15) is 11.6 Å². The highest BCUT2D eigenvalue weighted by atomic mass is 35.5. The number of benzene rings is 1. The normalized spacial score (nSPS) is 10.5. The van der Waals surface area contributed by atoms with Crippen LogP contribution in [-0.2, 0) is 6.42 Å². The van der Waals surface area contributed by atoms with E-state index in [9.17, 15) is 0 Å². The summed E-state index contributed by atoms with van der Waals surface area (Å²) in [4.78, 5) is 9.10. The smallest absolute Gasteiger partial charge is 0.131 e. The van der Waals surface area contributed by atoms with Crippen LogP contribution in [0.4, 0.5) is 5.82 Å². The van der Waals surface area contributed by atoms with Gasteiger partial charge in [-0.1, -0.05) is 36.7 Å². The molecule has 0 radical (unpaired) electrons. The highest BCUT2D eigenvalue weighted by molar-refractivity contribution is 6.33. The maximum atomic E-state index is 6.24. The monoisotopic (exact) mass is 275 g/mol. The van der Waals surface area contributed by atoms with Gasteiger partial charge in [-0.2, -0.15) is 0 Å². The Morgan fingerprint density at radius 1 is 1.16 bits per heavy atom. The van der Waals surface area contributed by atoms with Gasteiger partial charge >= 0.3 is 0 Å². The summed E-state index contributed by atoms with van der Waals surface area (Å²) in [7, 11) is 0. The molecule has 0 spiro atoms. The van der Waals surface area contributed by atoms with Gasteiger partial charge in [0.15, 0.2) is 0 Å². The molecule has 1 N–H and O–H groups in total. The average molecular weight is 276 g/mol. The molecular weight excluding hydrogens is 258 g/mol. The maximum Gasteiger partial charge on any atom is 0.131 e. The van der Waals surface area contributed by atoms with E-state index >= 15 is 0 Å². The van der Waals surface area contributed by atoms with Crippen molar-refractivity contribution in [1.82, 2.24) is 9.97 Å². The van der Waals surface area contributed by atoms with E-state index in [1.807, 2.05) is 30.3 Å². The maximum absolute atomic E-state index is 6.24. The van der Waals surface area contributed by atoms with Crippen LogP contribution < -0.4 is 5.32 Å². The number of halogens is 1. The Bertz CT molecular complexity index is 531. The molecule has 0 unspecified atom stereocenters. The zero-order valence-electron chi connectivity index (χ0n) is 11.3. The standard InChI is InChI=1S/C15H18ClN3/c1-3-7-14-18-13(10-15(19-14)17-4-2)11-8-5-6-9-12(11)16/h5-6,8-10H,3-4,7H2,1-2H3,(H,17,18,19). The molecule has 3 nitrogen and oxygen atoms in total. The Balaban J connectivity index is 2.46. The van der Waals surface area contributed by atoms with Gasteiger partial charge in [0.05, 0.1) is 5.69 Å². The quantitative estimate of drug-likeness (QED) is 0.889. The van der Waals surface area contributed by atoms with Crippen LogP contribution in [-0.4, -0.2) is 16.5 Å². The van der Waals surface area contributed by atoms with Crippen molar-refractivity contribution in [3.8, 4) is 11.3 Å². The lowest BCUT2D eigenvalue weighted by Crippen LogP contribution is -2.04. The minimum Gasteiger partial charge on any atom is -0.370 e. The van der Waals surface area contributed by atoms with Crippen LogP contribution in [0.3, 0.4) is 0 Å². The van der Waals surface area contributed by atoms with Crippen molar-refractivity contribution in [1.29, 1.82) is 0 Å². The molecule has 1 heterocycles. The number of aromatic nitrogens is 2. The number of aryl methyl sites for hydroxylation is 1. The van der Waals surface area contributed by atoms with Gasteiger partial charge in [0.2, 0.25) is 0 Å². The van der Waals surface area contributed by atoms with Crippen LogP contribution >= 0.6 is 11.6 Å². The van der Waals surface area contributed by atoms with E-state index in [2.05, 4.69) is 29.1 Å². The molecule has 0 aliphatic carbocycles. The lowest BCUT2D eigenvalue weighted by molar-refractivity contribution is 0.836. The Morgan fingerprint density at radius 2 is 1.95 bits per heavy atom. The molecule has 2 rings (SSSR count). The molecule has 0 aliphatic heterocycles. The molecule has 100 valence electrons. The Labute approximate surface area is 119 Å². The summed E-state index contributed by atoms with van der Waals surface area (Å²) < 4.78 is 0. The summed E-state index contributed by atoms with van der Waals surface area (Å²) in [6.45, 7) is 5.01. The topological polar surface area (TPSA) is 37.8 Å². The predicted octanol–water partition coefficient (Wildman–Crippen LogP) is 4.18. The highest BCUT2D eigenvalue weighted by Gasteiger charge is 2.08. The summed E-state index contributed by atoms with van der Waals surface area (Å²) in [6, 6.07) is 9.70. The predicted molar refractivity (Wildman–Crippen MR) is 80.6 cm³/mol. The molecule has 2 aromatic rings. The van der Waals surface area contributed by atoms with Crippen molar-refractivity contribution in [3.63, 3.8) is 0 Å². The van der Waals surface area contributed by atoms with Gasteiger partial charge in [0.25, 0.3) is 0 Å². The Morgan fingerprint density at radius 3 is 2.63 bits per heavy atom. The van der Waals surface area contributed by atoms with Crippen molar-refractivity contribution < 1.29 is 0 Å². The van der Waals surface area contributed by atoms with Gasteiger partial charge in [0, 0.05) is 29.6 Å². The van der Waals surface area contributed by atoms with E-state index in [1.165, 1.54) is 0 Å². The highest BCUT2D eigenvalue weighted by Crippen LogP contribution is 2.27. The lowest BCUT2D eigenvalue weighted by Gasteiger charge is -2.09. The van der Waals surface area contributed by atoms with Gasteiger partial charge in [-0.15, -0.1) is 0 Å². The summed E-state index contributed by atoms with van der Waals surface area (Å²) in [5, 5.41) is 3.96. The Hall–Kier alpha value is -1.61. The molecule has 0 amide bonds. The van der Waals surface area contributed by atoms with E-state index in [0.717, 1.165) is 42.3 Å². The van der Waals surface area contributed by atoms with E-state index in [-0.39, 0.29) is 0 Å². The van der Waals surface area contributed by atoms with Gasteiger partial charge in [-0.25, -0.2) is 9.97 Å². The van der Waals surface area contributed by atoms with E-state index in [1.54, 1.807) is 0 Å². The first-order chi connectivity index (χ1) is 9.24. The zero-order valence-corrected chi connectivity index (χ0v) is 12.0. The van der Waals surface area contributed by atoms with Crippen LogP contribution in [0.25, 0.3) is 11.3 Å². The van der Waals surface area contributed by atoms with Crippen LogP contribution in [0.15, 0.2) is 30.3 Å². The molecule has 1 aromatic carbocycles. The van der Waals surface area contributed by atoms with Crippen molar-refractivity contribution in [2.45, 2.75) is 26.7 Å². The largest absolute Gasteiger partial charge is 0.370 e. The van der Waals surface area contributed by atoms with Crippen LogP contribution in [0.5, 0.6) is 0 Å². The van der Waals surface area contributed by atoms with E-state index < -0.39 is 0 Å². The molecule has 19 heavy (non-hydrogen) atoms. The van der Waals surface area contributed by atoms with Gasteiger partial charge < -0.3 is 5.32 Å². The fourth-order valence-electron chi connectivity index (χ4n) is 1.91. The summed E-state index contributed by atoms with van der Waals surface area (Å²) in [5.41, 5.74) is 1.82. The molecule has 0 saturated heterocycles. The lowest BCUT2D eigenvalue weighted by atomic mass is 10.1. The first-order valence-electron chi connectivity index (χ1n) is 6.61. The molecule has 0 aliphatic rings. The van der Waals surface area contributed by atoms with Crippen molar-refractivity contribution in [2.75, 3.05) is 11.9 Å². The van der Waals surface area contributed by atoms with Gasteiger partial charge in [-0.05, 0) is 19.4 Å². The number of rotatable bonds is 5. The van der Waals surface area contributed by atoms with Gasteiger partial charge in [-0.3, -0.25) is 0 Å². The fourth-order valence-corrected chi connectivity index (χ4v) is 2.14. The van der Waals surface area contributed by atoms with Crippen molar-refractivity contribution >= 4 is 17.4 Å². The molecule has 0 saturated carbocycles. The third-order valence-corrected chi connectivity index (χ3v) is 3.08. The molecule has 4 heteroatoms. The van der Waals surface area contributed by atoms with Crippen molar-refractivity contribution in [3.05, 3.63) is 41.2 Å². The third-order valence-electron chi connectivity index (χ3n) is 2.75. The number of hydrogen-bond donors (Lipinski definition) is 1. The second-order valence-electron chi connectivity index (χ2n) is 4.31. The summed E-state index contributed by atoms with van der Waals surface area (Å²) in [6.07, 6.45) is 1.90. The summed E-state index contributed by atoms with van der Waals surface area (Å²) in [5.74, 6) is 1.71. The minimum absolute atomic E-state index is 0.714. The molecule has 0 fully saturated rings. The number of nitrogens with one attached hydrogen (secondary N) is 1. The average Bonchev–Trinajstić information content (AvgIpc) is 2.40. The molecular formula is C15H18ClN3. The first kappa shape index (κ1) is 13.8. The fraction of sp³-hybridized carbons (Fsp3) is 0.333. The number of hydrogen-bond acceptors (Lipinski definition) is 3. The molecule has 1 aromatic heterocycles. The van der Waals surface area contributed by atoms with Crippen LogP contribution in [0.2, 0.25) is 5.02 Å². The number of anilines is 1. The number of nitrogens with zero attached hydrogens (tertiary/aromatic N) is 2. The zero-order chi connectivity index (χ0) is 13.7.